The van der Waals surface area contributed by atoms with Crippen molar-refractivity contribution in [1.82, 2.24) is 4.90 Å². The van der Waals surface area contributed by atoms with E-state index in [0.29, 0.717) is 21.6 Å². The van der Waals surface area contributed by atoms with Gasteiger partial charge in [-0.3, -0.25) is 0 Å². The maximum atomic E-state index is 13.1. The van der Waals surface area contributed by atoms with Crippen LogP contribution in [0.5, 0.6) is 11.5 Å². The first-order valence-corrected chi connectivity index (χ1v) is 7.86. The summed E-state index contributed by atoms with van der Waals surface area (Å²) in [4.78, 5) is 15.8. The van der Waals surface area contributed by atoms with E-state index >= 15 is 0 Å². The van der Waals surface area contributed by atoms with Gasteiger partial charge in [0.2, 0.25) is 0 Å². The summed E-state index contributed by atoms with van der Waals surface area (Å²) in [5, 5.41) is 19.5. The fourth-order valence-corrected chi connectivity index (χ4v) is 2.99. The molecule has 0 saturated carbocycles. The molecule has 2 aromatic carbocycles. The van der Waals surface area contributed by atoms with Gasteiger partial charge in [0, 0.05) is 0 Å². The van der Waals surface area contributed by atoms with E-state index in [1.165, 1.54) is 41.3 Å². The zero-order chi connectivity index (χ0) is 17.4. The molecule has 1 saturated heterocycles. The van der Waals surface area contributed by atoms with Crippen molar-refractivity contribution in [2.24, 2.45) is 0 Å². The third kappa shape index (κ3) is 2.68. The standard InChI is InChI=1S/C17H13FN2O3Se/c1-19-13(9-10-3-2-4-14(21)15(10)22)16(23)20(17(19)24)12-7-5-11(18)6-8-12/h2-9,21-22H,1H3/b13-9+. The Balaban J connectivity index is 2.03. The molecule has 0 radical (unpaired) electrons. The van der Waals surface area contributed by atoms with E-state index in [0.717, 1.165) is 0 Å². The van der Waals surface area contributed by atoms with E-state index in [9.17, 15) is 19.4 Å². The van der Waals surface area contributed by atoms with Gasteiger partial charge in [-0.15, -0.1) is 0 Å². The van der Waals surface area contributed by atoms with Gasteiger partial charge in [0.25, 0.3) is 0 Å². The van der Waals surface area contributed by atoms with Crippen molar-refractivity contribution in [3.63, 3.8) is 0 Å². The summed E-state index contributed by atoms with van der Waals surface area (Å²) in [6.45, 7) is 0. The van der Waals surface area contributed by atoms with Crippen LogP contribution in [0.4, 0.5) is 10.1 Å². The van der Waals surface area contributed by atoms with Crippen molar-refractivity contribution >= 4 is 37.9 Å². The molecular weight excluding hydrogens is 378 g/mol. The number of hydrogen-bond acceptors (Lipinski definition) is 4. The molecule has 2 aromatic rings. The molecule has 1 amide bonds. The second-order valence-corrected chi connectivity index (χ2v) is 5.97. The number of benzene rings is 2. The molecule has 0 aromatic heterocycles. The van der Waals surface area contributed by atoms with Crippen molar-refractivity contribution in [3.8, 4) is 11.5 Å². The minimum absolute atomic E-state index is 0.264. The monoisotopic (exact) mass is 392 g/mol. The second kappa shape index (κ2) is 6.11. The molecule has 0 bridgehead atoms. The van der Waals surface area contributed by atoms with Crippen LogP contribution in [0.2, 0.25) is 0 Å². The van der Waals surface area contributed by atoms with Crippen LogP contribution in [0.1, 0.15) is 5.56 Å². The first kappa shape index (κ1) is 16.2. The summed E-state index contributed by atoms with van der Waals surface area (Å²) in [5.41, 5.74) is 1.14. The number of carbonyl (C=O) groups is 1. The number of likely N-dealkylation sites (N-methyl/N-ethyl adjacent to an activating group) is 1. The SMILES string of the molecule is CN1C(=[Se])N(c2ccc(F)cc2)C(=O)/C1=C\c1cccc(O)c1O. The molecule has 0 aliphatic carbocycles. The van der Waals surface area contributed by atoms with Gasteiger partial charge in [-0.05, 0) is 0 Å². The van der Waals surface area contributed by atoms with Crippen LogP contribution in [0.3, 0.4) is 0 Å². The number of amides is 1. The Kier molecular flexibility index (Phi) is 4.13. The summed E-state index contributed by atoms with van der Waals surface area (Å²) in [5.74, 6) is -1.28. The molecule has 1 aliphatic heterocycles. The van der Waals surface area contributed by atoms with E-state index in [2.05, 4.69) is 15.6 Å². The fourth-order valence-electron chi connectivity index (χ4n) is 2.39. The van der Waals surface area contributed by atoms with Crippen molar-refractivity contribution in [2.75, 3.05) is 11.9 Å². The van der Waals surface area contributed by atoms with E-state index in [4.69, 9.17) is 0 Å². The molecule has 122 valence electrons. The number of anilines is 1. The molecule has 0 unspecified atom stereocenters. The summed E-state index contributed by atoms with van der Waals surface area (Å²) in [6, 6.07) is 10.1. The summed E-state index contributed by atoms with van der Waals surface area (Å²) < 4.78 is 13.6. The van der Waals surface area contributed by atoms with Crippen LogP contribution in [0, 0.1) is 5.82 Å². The molecule has 1 aliphatic rings. The number of halogens is 1. The maximum absolute atomic E-state index is 13.1. The number of aromatic hydroxyl groups is 2. The molecule has 1 fully saturated rings. The van der Waals surface area contributed by atoms with E-state index in [-0.39, 0.29) is 23.2 Å². The Morgan fingerprint density at radius 3 is 2.46 bits per heavy atom. The average molecular weight is 391 g/mol. The van der Waals surface area contributed by atoms with Crippen molar-refractivity contribution in [2.45, 2.75) is 0 Å². The summed E-state index contributed by atoms with van der Waals surface area (Å²) >= 11 is 2.83. The molecule has 0 atom stereocenters. The molecular formula is C17H13FN2O3Se. The van der Waals surface area contributed by atoms with Crippen LogP contribution >= 0.6 is 0 Å². The normalized spacial score (nSPS) is 16.3. The Hall–Kier alpha value is -2.63. The van der Waals surface area contributed by atoms with Crippen LogP contribution < -0.4 is 4.90 Å². The van der Waals surface area contributed by atoms with Gasteiger partial charge >= 0.3 is 145 Å². The molecule has 24 heavy (non-hydrogen) atoms. The number of para-hydroxylation sites is 1. The first-order chi connectivity index (χ1) is 11.4. The average Bonchev–Trinajstić information content (AvgIpc) is 2.76. The van der Waals surface area contributed by atoms with Crippen LogP contribution in [0.25, 0.3) is 6.08 Å². The van der Waals surface area contributed by atoms with Crippen LogP contribution in [-0.4, -0.2) is 48.3 Å². The fraction of sp³-hybridized carbons (Fsp3) is 0.0588. The Labute approximate surface area is 145 Å². The van der Waals surface area contributed by atoms with Crippen molar-refractivity contribution < 1.29 is 19.4 Å². The van der Waals surface area contributed by atoms with Crippen LogP contribution in [0.15, 0.2) is 48.2 Å². The Bertz CT molecular complexity index is 865. The van der Waals surface area contributed by atoms with Gasteiger partial charge < -0.3 is 0 Å². The van der Waals surface area contributed by atoms with Gasteiger partial charge in [-0.2, -0.15) is 0 Å². The van der Waals surface area contributed by atoms with E-state index < -0.39 is 0 Å². The summed E-state index contributed by atoms with van der Waals surface area (Å²) in [7, 11) is 1.69. The van der Waals surface area contributed by atoms with Gasteiger partial charge in [-0.1, -0.05) is 0 Å². The zero-order valence-corrected chi connectivity index (χ0v) is 14.3. The molecule has 1 heterocycles. The number of phenols is 2. The number of hydrogen-bond donors (Lipinski definition) is 2. The quantitative estimate of drug-likeness (QED) is 0.466. The molecule has 5 nitrogen and oxygen atoms in total. The van der Waals surface area contributed by atoms with Gasteiger partial charge in [0.05, 0.1) is 0 Å². The van der Waals surface area contributed by atoms with E-state index in [1.54, 1.807) is 24.1 Å². The van der Waals surface area contributed by atoms with Crippen molar-refractivity contribution in [1.29, 1.82) is 0 Å². The van der Waals surface area contributed by atoms with Gasteiger partial charge in [0.1, 0.15) is 0 Å². The molecule has 7 heteroatoms. The second-order valence-electron chi connectivity index (χ2n) is 5.20. The zero-order valence-electron chi connectivity index (χ0n) is 12.6. The molecule has 2 N–H and O–H groups in total. The Morgan fingerprint density at radius 2 is 1.79 bits per heavy atom. The number of rotatable bonds is 2. The number of phenolic OH excluding ortho intramolecular Hbond substituents is 2. The minimum atomic E-state index is -0.388. The third-order valence-corrected chi connectivity index (χ3v) is 4.64. The van der Waals surface area contributed by atoms with Crippen LogP contribution in [-0.2, 0) is 4.79 Å². The molecule has 0 spiro atoms. The van der Waals surface area contributed by atoms with Gasteiger partial charge in [-0.25, -0.2) is 0 Å². The Morgan fingerprint density at radius 1 is 1.12 bits per heavy atom. The molecule has 3 rings (SSSR count). The number of nitrogens with zero attached hydrogens (tertiary/aromatic N) is 2. The van der Waals surface area contributed by atoms with Crippen molar-refractivity contribution in [3.05, 3.63) is 59.5 Å². The number of carbonyl (C=O) groups excluding carboxylic acids is 1. The summed E-state index contributed by atoms with van der Waals surface area (Å²) in [6.07, 6.45) is 1.48. The predicted octanol–water partition coefficient (Wildman–Crippen LogP) is 1.81. The van der Waals surface area contributed by atoms with E-state index in [1.807, 2.05) is 0 Å². The predicted molar refractivity (Wildman–Crippen MR) is 90.2 cm³/mol. The first-order valence-electron chi connectivity index (χ1n) is 7.00. The topological polar surface area (TPSA) is 64.0 Å². The van der Waals surface area contributed by atoms with Gasteiger partial charge in [0.15, 0.2) is 0 Å². The third-order valence-electron chi connectivity index (χ3n) is 3.68.